The molecule has 5 heterocycles. The lowest BCUT2D eigenvalue weighted by Gasteiger charge is -2.06. The van der Waals surface area contributed by atoms with Crippen molar-refractivity contribution in [2.24, 2.45) is 12.0 Å². The topological polar surface area (TPSA) is 99.6 Å². The van der Waals surface area contributed by atoms with Gasteiger partial charge in [-0.25, -0.2) is 19.9 Å². The number of rotatable bonds is 2. The number of aryl methyl sites for hydroxylation is 1. The first kappa shape index (κ1) is 37.4. The molecule has 0 amide bonds. The molecule has 7 aromatic rings. The first-order valence-electron chi connectivity index (χ1n) is 15.5. The number of fused-ring (bicyclic) bond motifs is 3. The summed E-state index contributed by atoms with van der Waals surface area (Å²) in [6.45, 7) is 5.11. The van der Waals surface area contributed by atoms with Crippen LogP contribution in [0.15, 0.2) is 105 Å². The van der Waals surface area contributed by atoms with Gasteiger partial charge >= 0.3 is 0 Å². The minimum absolute atomic E-state index is 0.178. The lowest BCUT2D eigenvalue weighted by atomic mass is 10.1. The van der Waals surface area contributed by atoms with Gasteiger partial charge in [-0.2, -0.15) is 10.2 Å². The molecule has 0 saturated heterocycles. The zero-order valence-corrected chi connectivity index (χ0v) is 32.5. The zero-order chi connectivity index (χ0) is 36.9. The van der Waals surface area contributed by atoms with Gasteiger partial charge in [-0.1, -0.05) is 67.7 Å². The smallest absolute Gasteiger partial charge is 0.223 e. The predicted molar refractivity (Wildman–Crippen MR) is 209 cm³/mol. The standard InChI is InChI=1S/C12H9ClN4.C10H11BrN2.C8H6BrN.C4H2Cl2N2.CH3F/c1-17-11-6-8(2-3-9(11)7-15-17)10-4-5-14-12(13)16-10;1-7(2)13-10-5-9(11)4-3-8(10)6-12-13;9-8-2-1-6-4-10-5-7(6)3-8;5-3-1-2-7-4(6)8-3;1-2/h2-7H,1H3;3-7H,1-2H3;1-4H,5H2;1-2H;1H3/i;;;;1D. The van der Waals surface area contributed by atoms with E-state index in [0.29, 0.717) is 11.2 Å². The van der Waals surface area contributed by atoms with Gasteiger partial charge in [-0.05, 0) is 90.6 Å². The minimum atomic E-state index is -1.00. The Balaban J connectivity index is 0.000000154. The van der Waals surface area contributed by atoms with E-state index in [1.165, 1.54) is 28.2 Å². The largest absolute Gasteiger partial charge is 0.288 e. The van der Waals surface area contributed by atoms with Crippen LogP contribution < -0.4 is 0 Å². The van der Waals surface area contributed by atoms with Crippen molar-refractivity contribution in [1.29, 1.82) is 0 Å². The van der Waals surface area contributed by atoms with Gasteiger partial charge < -0.3 is 0 Å². The van der Waals surface area contributed by atoms with Crippen molar-refractivity contribution in [2.75, 3.05) is 7.15 Å². The molecule has 1 aliphatic rings. The van der Waals surface area contributed by atoms with Crippen LogP contribution in [-0.2, 0) is 13.6 Å². The molecular formula is C35H31Br2Cl3FN9. The maximum absolute atomic E-state index is 9.96. The molecule has 1 aliphatic heterocycles. The second-order valence-corrected chi connectivity index (χ2v) is 13.5. The Hall–Kier alpha value is -3.81. The molecule has 0 unspecified atom stereocenters. The van der Waals surface area contributed by atoms with Crippen LogP contribution in [0.1, 0.15) is 32.4 Å². The number of aliphatic imine (C=N–C) groups is 1. The maximum Gasteiger partial charge on any atom is 0.223 e. The number of nitrogens with zero attached hydrogens (tertiary/aromatic N) is 9. The van der Waals surface area contributed by atoms with Crippen LogP contribution in [0, 0.1) is 0 Å². The highest BCUT2D eigenvalue weighted by Gasteiger charge is 2.07. The fourth-order valence-electron chi connectivity index (χ4n) is 4.62. The van der Waals surface area contributed by atoms with Gasteiger partial charge in [0.15, 0.2) is 0 Å². The van der Waals surface area contributed by atoms with Crippen LogP contribution in [0.2, 0.25) is 15.7 Å². The molecule has 0 saturated carbocycles. The summed E-state index contributed by atoms with van der Waals surface area (Å²) < 4.78 is 21.6. The lowest BCUT2D eigenvalue weighted by molar-refractivity contribution is 0.551. The van der Waals surface area contributed by atoms with Crippen molar-refractivity contribution in [3.63, 3.8) is 0 Å². The molecule has 0 spiro atoms. The Morgan fingerprint density at radius 1 is 0.800 bits per heavy atom. The fraction of sp³-hybridized carbons (Fsp3) is 0.171. The highest BCUT2D eigenvalue weighted by Crippen LogP contribution is 2.24. The van der Waals surface area contributed by atoms with Crippen molar-refractivity contribution < 1.29 is 5.76 Å². The van der Waals surface area contributed by atoms with Crippen LogP contribution in [0.25, 0.3) is 33.1 Å². The molecule has 0 fully saturated rings. The molecule has 0 atom stereocenters. The number of aromatic nitrogens is 8. The van der Waals surface area contributed by atoms with E-state index >= 15 is 0 Å². The summed E-state index contributed by atoms with van der Waals surface area (Å²) >= 11 is 23.4. The normalized spacial score (nSPS) is 11.3. The fourth-order valence-corrected chi connectivity index (χ4v) is 5.85. The predicted octanol–water partition coefficient (Wildman–Crippen LogP) is 10.8. The third-order valence-electron chi connectivity index (χ3n) is 6.91. The minimum Gasteiger partial charge on any atom is -0.288 e. The molecule has 0 N–H and O–H groups in total. The highest BCUT2D eigenvalue weighted by molar-refractivity contribution is 9.10. The Labute approximate surface area is 322 Å². The first-order chi connectivity index (χ1) is 24.5. The monoisotopic (exact) mass is 860 g/mol. The van der Waals surface area contributed by atoms with Gasteiger partial charge in [0.2, 0.25) is 10.6 Å². The van der Waals surface area contributed by atoms with Crippen LogP contribution in [0.5, 0.6) is 0 Å². The summed E-state index contributed by atoms with van der Waals surface area (Å²) in [6.07, 6.45) is 8.81. The molecule has 3 aromatic carbocycles. The Kier molecular flexibility index (Phi) is 14.2. The molecule has 258 valence electrons. The van der Waals surface area contributed by atoms with E-state index in [9.17, 15) is 4.39 Å². The third-order valence-corrected chi connectivity index (χ3v) is 8.47. The van der Waals surface area contributed by atoms with E-state index in [1.807, 2.05) is 71.4 Å². The highest BCUT2D eigenvalue weighted by atomic mass is 79.9. The number of halogens is 6. The van der Waals surface area contributed by atoms with Crippen LogP contribution >= 0.6 is 66.7 Å². The van der Waals surface area contributed by atoms with Crippen molar-refractivity contribution in [3.8, 4) is 11.3 Å². The lowest BCUT2D eigenvalue weighted by Crippen LogP contribution is -2.01. The summed E-state index contributed by atoms with van der Waals surface area (Å²) in [4.78, 5) is 19.4. The second kappa shape index (κ2) is 19.0. The number of alkyl halides is 1. The van der Waals surface area contributed by atoms with Gasteiger partial charge in [0, 0.05) is 57.0 Å². The Morgan fingerprint density at radius 3 is 2.12 bits per heavy atom. The average Bonchev–Trinajstić information content (AvgIpc) is 3.84. The molecular weight excluding hydrogens is 832 g/mol. The van der Waals surface area contributed by atoms with E-state index in [2.05, 4.69) is 105 Å². The van der Waals surface area contributed by atoms with Crippen molar-refractivity contribution in [2.45, 2.75) is 26.4 Å². The summed E-state index contributed by atoms with van der Waals surface area (Å²) in [5, 5.41) is 11.6. The Bertz CT molecular complexity index is 2210. The van der Waals surface area contributed by atoms with Crippen LogP contribution in [0.3, 0.4) is 0 Å². The van der Waals surface area contributed by atoms with Crippen LogP contribution in [0.4, 0.5) is 4.39 Å². The molecule has 15 heteroatoms. The van der Waals surface area contributed by atoms with Gasteiger partial charge in [0.25, 0.3) is 0 Å². The van der Waals surface area contributed by atoms with E-state index in [0.717, 1.165) is 37.7 Å². The summed E-state index contributed by atoms with van der Waals surface area (Å²) in [5.41, 5.74) is 6.64. The number of hydrogen-bond acceptors (Lipinski definition) is 7. The van der Waals surface area contributed by atoms with E-state index < -0.39 is 7.15 Å². The van der Waals surface area contributed by atoms with Gasteiger partial charge in [-0.15, -0.1) is 0 Å². The summed E-state index contributed by atoms with van der Waals surface area (Å²) in [7, 11) is 0.916. The van der Waals surface area contributed by atoms with Crippen molar-refractivity contribution in [1.82, 2.24) is 39.5 Å². The second-order valence-electron chi connectivity index (χ2n) is 10.6. The molecule has 0 bridgehead atoms. The first-order valence-corrected chi connectivity index (χ1v) is 17.5. The maximum atomic E-state index is 9.96. The van der Waals surface area contributed by atoms with Crippen LogP contribution in [-0.4, -0.2) is 52.9 Å². The van der Waals surface area contributed by atoms with Gasteiger partial charge in [0.05, 0.1) is 44.2 Å². The summed E-state index contributed by atoms with van der Waals surface area (Å²) in [5.74, 6) is 0. The molecule has 9 nitrogen and oxygen atoms in total. The van der Waals surface area contributed by atoms with Gasteiger partial charge in [0.1, 0.15) is 5.15 Å². The Morgan fingerprint density at radius 2 is 1.44 bits per heavy atom. The summed E-state index contributed by atoms with van der Waals surface area (Å²) in [6, 6.07) is 22.3. The van der Waals surface area contributed by atoms with Crippen molar-refractivity contribution in [3.05, 3.63) is 127 Å². The molecule has 8 rings (SSSR count). The third kappa shape index (κ3) is 10.8. The quantitative estimate of drug-likeness (QED) is 0.127. The molecule has 4 aromatic heterocycles. The SMILES string of the molecule is Brc1ccc2c(c1)CN=C2.CC(C)n1ncc2ccc(Br)cc21.Clc1ccnc(Cl)n1.Cn1ncc2ccc(-c3ccnc(Cl)n3)cc21.[2H]CF. The zero-order valence-electron chi connectivity index (χ0n) is 28.0. The van der Waals surface area contributed by atoms with E-state index in [-0.39, 0.29) is 10.6 Å². The van der Waals surface area contributed by atoms with Crippen molar-refractivity contribution >= 4 is 94.7 Å². The molecule has 50 heavy (non-hydrogen) atoms. The number of benzene rings is 3. The molecule has 0 radical (unpaired) electrons. The van der Waals surface area contributed by atoms with E-state index in [4.69, 9.17) is 36.2 Å². The van der Waals surface area contributed by atoms with E-state index in [1.54, 1.807) is 12.3 Å². The number of hydrogen-bond donors (Lipinski definition) is 0. The molecule has 0 aliphatic carbocycles. The average molecular weight is 864 g/mol. The van der Waals surface area contributed by atoms with Gasteiger partial charge in [-0.3, -0.25) is 18.7 Å².